The highest BCUT2D eigenvalue weighted by molar-refractivity contribution is 5.98. The maximum Gasteiger partial charge on any atom is 0.305 e. The molecule has 1 N–H and O–H groups in total. The van der Waals surface area contributed by atoms with Crippen molar-refractivity contribution in [3.05, 3.63) is 23.8 Å². The summed E-state index contributed by atoms with van der Waals surface area (Å²) in [6, 6.07) is 0. The lowest BCUT2D eigenvalue weighted by Crippen LogP contribution is -2.00. The SMILES string of the molecule is COC(=O)CCCC=CCC1=C[C@H](O)CC1=O. The molecule has 0 aromatic heterocycles. The van der Waals surface area contributed by atoms with Gasteiger partial charge in [-0.25, -0.2) is 0 Å². The Bertz CT molecular complexity index is 341. The fourth-order valence-corrected chi connectivity index (χ4v) is 1.68. The van der Waals surface area contributed by atoms with Crippen LogP contribution in [0, 0.1) is 0 Å². The summed E-state index contributed by atoms with van der Waals surface area (Å²) in [4.78, 5) is 22.1. The molecule has 0 bridgehead atoms. The number of esters is 1. The van der Waals surface area contributed by atoms with Crippen molar-refractivity contribution >= 4 is 11.8 Å². The fourth-order valence-electron chi connectivity index (χ4n) is 1.68. The summed E-state index contributed by atoms with van der Waals surface area (Å²) >= 11 is 0. The highest BCUT2D eigenvalue weighted by Crippen LogP contribution is 2.18. The van der Waals surface area contributed by atoms with Gasteiger partial charge in [-0.3, -0.25) is 9.59 Å². The van der Waals surface area contributed by atoms with Crippen molar-refractivity contribution in [3.8, 4) is 0 Å². The number of unbranched alkanes of at least 4 members (excludes halogenated alkanes) is 1. The van der Waals surface area contributed by atoms with Crippen LogP contribution in [0.3, 0.4) is 0 Å². The van der Waals surface area contributed by atoms with E-state index in [1.54, 1.807) is 6.08 Å². The van der Waals surface area contributed by atoms with Crippen molar-refractivity contribution in [2.24, 2.45) is 0 Å². The van der Waals surface area contributed by atoms with Gasteiger partial charge >= 0.3 is 5.97 Å². The van der Waals surface area contributed by atoms with Crippen molar-refractivity contribution in [2.45, 2.75) is 38.2 Å². The fraction of sp³-hybridized carbons (Fsp3) is 0.538. The molecule has 4 heteroatoms. The quantitative estimate of drug-likeness (QED) is 0.433. The predicted octanol–water partition coefficient (Wildman–Crippen LogP) is 1.54. The minimum Gasteiger partial charge on any atom is -0.469 e. The molecule has 0 amide bonds. The molecular formula is C13H18O4. The van der Waals surface area contributed by atoms with Crippen LogP contribution in [0.4, 0.5) is 0 Å². The third kappa shape index (κ3) is 4.95. The maximum absolute atomic E-state index is 11.3. The lowest BCUT2D eigenvalue weighted by atomic mass is 10.1. The van der Waals surface area contributed by atoms with Crippen molar-refractivity contribution in [1.82, 2.24) is 0 Å². The molecule has 94 valence electrons. The van der Waals surface area contributed by atoms with Gasteiger partial charge in [-0.1, -0.05) is 12.2 Å². The van der Waals surface area contributed by atoms with Gasteiger partial charge < -0.3 is 9.84 Å². The number of hydrogen-bond acceptors (Lipinski definition) is 4. The number of ketones is 1. The number of aliphatic hydroxyl groups excluding tert-OH is 1. The number of ether oxygens (including phenoxy) is 1. The molecule has 0 saturated heterocycles. The molecule has 0 aliphatic heterocycles. The molecule has 4 nitrogen and oxygen atoms in total. The van der Waals surface area contributed by atoms with E-state index < -0.39 is 6.10 Å². The molecule has 1 aliphatic carbocycles. The minimum absolute atomic E-state index is 0.0247. The van der Waals surface area contributed by atoms with E-state index in [0.29, 0.717) is 18.4 Å². The third-order valence-electron chi connectivity index (χ3n) is 2.63. The van der Waals surface area contributed by atoms with Crippen molar-refractivity contribution < 1.29 is 19.4 Å². The predicted molar refractivity (Wildman–Crippen MR) is 63.3 cm³/mol. The number of carbonyl (C=O) groups excluding carboxylic acids is 2. The second-order valence-corrected chi connectivity index (χ2v) is 4.03. The van der Waals surface area contributed by atoms with Gasteiger partial charge in [0.15, 0.2) is 5.78 Å². The molecule has 0 spiro atoms. The monoisotopic (exact) mass is 238 g/mol. The summed E-state index contributed by atoms with van der Waals surface area (Å²) in [5.41, 5.74) is 0.682. The first-order valence-electron chi connectivity index (χ1n) is 5.77. The molecule has 0 saturated carbocycles. The normalized spacial score (nSPS) is 19.8. The molecule has 1 aliphatic rings. The first-order chi connectivity index (χ1) is 8.13. The number of rotatable bonds is 6. The Hall–Kier alpha value is -1.42. The van der Waals surface area contributed by atoms with E-state index in [4.69, 9.17) is 0 Å². The van der Waals surface area contributed by atoms with Crippen LogP contribution in [-0.4, -0.2) is 30.1 Å². The Morgan fingerprint density at radius 2 is 2.35 bits per heavy atom. The topological polar surface area (TPSA) is 63.6 Å². The van der Waals surface area contributed by atoms with Crippen molar-refractivity contribution in [2.75, 3.05) is 7.11 Å². The Morgan fingerprint density at radius 3 is 2.94 bits per heavy atom. The van der Waals surface area contributed by atoms with Crippen LogP contribution in [-0.2, 0) is 14.3 Å². The first kappa shape index (κ1) is 13.6. The molecular weight excluding hydrogens is 220 g/mol. The first-order valence-corrected chi connectivity index (χ1v) is 5.77. The molecule has 0 unspecified atom stereocenters. The zero-order valence-corrected chi connectivity index (χ0v) is 10.0. The Balaban J connectivity index is 2.16. The number of aliphatic hydroxyl groups is 1. The zero-order valence-electron chi connectivity index (χ0n) is 10.0. The molecule has 0 fully saturated rings. The van der Waals surface area contributed by atoms with E-state index in [2.05, 4.69) is 4.74 Å². The van der Waals surface area contributed by atoms with Crippen LogP contribution < -0.4 is 0 Å². The van der Waals surface area contributed by atoms with Crippen LogP contribution >= 0.6 is 0 Å². The van der Waals surface area contributed by atoms with Gasteiger partial charge in [-0.05, 0) is 30.9 Å². The third-order valence-corrected chi connectivity index (χ3v) is 2.63. The van der Waals surface area contributed by atoms with Crippen LogP contribution in [0.5, 0.6) is 0 Å². The van der Waals surface area contributed by atoms with E-state index in [9.17, 15) is 14.7 Å². The Labute approximate surface area is 101 Å². The standard InChI is InChI=1S/C13H18O4/c1-17-13(16)7-5-3-2-4-6-10-8-11(14)9-12(10)15/h2,4,8,11,14H,3,5-7,9H2,1H3/t11-/m0/s1. The molecule has 0 radical (unpaired) electrons. The van der Waals surface area contributed by atoms with Crippen LogP contribution in [0.1, 0.15) is 32.1 Å². The van der Waals surface area contributed by atoms with Crippen molar-refractivity contribution in [1.29, 1.82) is 0 Å². The second kappa shape index (κ2) is 7.01. The van der Waals surface area contributed by atoms with Gasteiger partial charge in [-0.15, -0.1) is 0 Å². The molecule has 0 aromatic rings. The Morgan fingerprint density at radius 1 is 1.59 bits per heavy atom. The van der Waals surface area contributed by atoms with Crippen molar-refractivity contribution in [3.63, 3.8) is 0 Å². The molecule has 1 rings (SSSR count). The second-order valence-electron chi connectivity index (χ2n) is 4.03. The van der Waals surface area contributed by atoms with Gasteiger partial charge in [0.1, 0.15) is 0 Å². The lowest BCUT2D eigenvalue weighted by Gasteiger charge is -1.96. The number of allylic oxidation sites excluding steroid dienone is 3. The van der Waals surface area contributed by atoms with Gasteiger partial charge in [0.2, 0.25) is 0 Å². The summed E-state index contributed by atoms with van der Waals surface area (Å²) < 4.78 is 4.52. The van der Waals surface area contributed by atoms with E-state index in [-0.39, 0.29) is 18.2 Å². The van der Waals surface area contributed by atoms with Gasteiger partial charge in [0.05, 0.1) is 13.2 Å². The number of methoxy groups -OCH3 is 1. The van der Waals surface area contributed by atoms with Crippen LogP contribution in [0.15, 0.2) is 23.8 Å². The minimum atomic E-state index is -0.606. The van der Waals surface area contributed by atoms with E-state index in [1.165, 1.54) is 7.11 Å². The summed E-state index contributed by atoms with van der Waals surface area (Å²) in [5.74, 6) is -0.174. The highest BCUT2D eigenvalue weighted by Gasteiger charge is 2.20. The average molecular weight is 238 g/mol. The van der Waals surface area contributed by atoms with Gasteiger partial charge in [0.25, 0.3) is 0 Å². The molecule has 0 aromatic carbocycles. The van der Waals surface area contributed by atoms with Crippen LogP contribution in [0.25, 0.3) is 0 Å². The summed E-state index contributed by atoms with van der Waals surface area (Å²) in [7, 11) is 1.38. The smallest absolute Gasteiger partial charge is 0.305 e. The molecule has 0 heterocycles. The summed E-state index contributed by atoms with van der Waals surface area (Å²) in [6.45, 7) is 0. The van der Waals surface area contributed by atoms with E-state index >= 15 is 0 Å². The molecule has 17 heavy (non-hydrogen) atoms. The number of hydrogen-bond donors (Lipinski definition) is 1. The number of Topliss-reactive ketones (excluding diaryl/α,β-unsaturated/α-hetero) is 1. The lowest BCUT2D eigenvalue weighted by molar-refractivity contribution is -0.140. The largest absolute Gasteiger partial charge is 0.469 e. The zero-order chi connectivity index (χ0) is 12.7. The van der Waals surface area contributed by atoms with E-state index in [1.807, 2.05) is 12.2 Å². The summed E-state index contributed by atoms with van der Waals surface area (Å²) in [5, 5.41) is 9.23. The maximum atomic E-state index is 11.3. The Kier molecular flexibility index (Phi) is 5.63. The highest BCUT2D eigenvalue weighted by atomic mass is 16.5. The number of carbonyl (C=O) groups is 2. The molecule has 1 atom stereocenters. The average Bonchev–Trinajstić information content (AvgIpc) is 2.62. The van der Waals surface area contributed by atoms with E-state index in [0.717, 1.165) is 12.8 Å². The summed E-state index contributed by atoms with van der Waals surface area (Å²) in [6.07, 6.45) is 7.59. The van der Waals surface area contributed by atoms with Gasteiger partial charge in [0, 0.05) is 12.8 Å². The van der Waals surface area contributed by atoms with Crippen LogP contribution in [0.2, 0.25) is 0 Å². The van der Waals surface area contributed by atoms with Gasteiger partial charge in [-0.2, -0.15) is 0 Å².